The molecular formula is C35H39N5O6. The molecule has 0 saturated carbocycles. The van der Waals surface area contributed by atoms with Gasteiger partial charge in [0.15, 0.2) is 0 Å². The lowest BCUT2D eigenvalue weighted by molar-refractivity contribution is 0.0371. The number of nitrogens with one attached hydrogen (secondary N) is 3. The van der Waals surface area contributed by atoms with Crippen molar-refractivity contribution < 1.29 is 29.0 Å². The first-order valence-electron chi connectivity index (χ1n) is 15.1. The Kier molecular flexibility index (Phi) is 9.92. The van der Waals surface area contributed by atoms with E-state index in [1.165, 1.54) is 0 Å². The predicted molar refractivity (Wildman–Crippen MR) is 179 cm³/mol. The molecule has 4 aromatic carbocycles. The Morgan fingerprint density at radius 3 is 2.43 bits per heavy atom. The van der Waals surface area contributed by atoms with Gasteiger partial charge in [-0.15, -0.1) is 0 Å². The van der Waals surface area contributed by atoms with Crippen LogP contribution >= 0.6 is 0 Å². The number of urea groups is 2. The number of hydrogen-bond acceptors (Lipinski definition) is 6. The maximum absolute atomic E-state index is 13.8. The number of carbonyl (C=O) groups excluding carboxylic acids is 3. The highest BCUT2D eigenvalue weighted by atomic mass is 16.5. The van der Waals surface area contributed by atoms with E-state index in [1.54, 1.807) is 73.3 Å². The van der Waals surface area contributed by atoms with E-state index in [2.05, 4.69) is 16.0 Å². The second kappa shape index (κ2) is 14.2. The lowest BCUT2D eigenvalue weighted by Gasteiger charge is -2.38. The number of benzene rings is 4. The Bertz CT molecular complexity index is 1710. The van der Waals surface area contributed by atoms with Crippen LogP contribution in [0.5, 0.6) is 11.5 Å². The first kappa shape index (κ1) is 32.1. The molecule has 0 spiro atoms. The molecule has 0 aromatic heterocycles. The zero-order chi connectivity index (χ0) is 32.8. The Labute approximate surface area is 268 Å². The standard InChI is InChI=1S/C35H39N5O6/c1-22-19-40(23(2)21-41)33(42)29-18-26(37-34(43)36-25-12-15-27(45-4)16-13-25)14-17-31(29)46-32(22)20-39(3)35(44)38-30-11-7-9-24-8-5-6-10-28(24)30/h5-18,22-23,32,41H,19-21H2,1-4H3,(H,38,44)(H2,36,37,43)/t22-,23+,32-/m0/s1. The molecule has 1 aliphatic rings. The topological polar surface area (TPSA) is 132 Å². The molecule has 5 rings (SSSR count). The van der Waals surface area contributed by atoms with E-state index < -0.39 is 18.2 Å². The number of rotatable bonds is 8. The van der Waals surface area contributed by atoms with E-state index in [0.717, 1.165) is 10.8 Å². The number of methoxy groups -OCH3 is 1. The third-order valence-corrected chi connectivity index (χ3v) is 8.10. The van der Waals surface area contributed by atoms with Gasteiger partial charge in [0.05, 0.1) is 37.6 Å². The van der Waals surface area contributed by atoms with Crippen LogP contribution in [0.2, 0.25) is 0 Å². The summed E-state index contributed by atoms with van der Waals surface area (Å²) in [6, 6.07) is 24.1. The fourth-order valence-corrected chi connectivity index (χ4v) is 5.38. The van der Waals surface area contributed by atoms with Crippen LogP contribution in [0.3, 0.4) is 0 Å². The SMILES string of the molecule is COc1ccc(NC(=O)Nc2ccc3c(c2)C(=O)N([C@H](C)CO)C[C@H](C)[C@H](CN(C)C(=O)Nc2cccc4ccccc24)O3)cc1. The molecular weight excluding hydrogens is 586 g/mol. The molecule has 0 bridgehead atoms. The van der Waals surface area contributed by atoms with Gasteiger partial charge in [-0.05, 0) is 60.8 Å². The van der Waals surface area contributed by atoms with Crippen molar-refractivity contribution in [3.63, 3.8) is 0 Å². The second-order valence-corrected chi connectivity index (χ2v) is 11.5. The van der Waals surface area contributed by atoms with E-state index >= 15 is 0 Å². The van der Waals surface area contributed by atoms with Gasteiger partial charge in [0, 0.05) is 36.3 Å². The molecule has 0 fully saturated rings. The lowest BCUT2D eigenvalue weighted by atomic mass is 9.99. The summed E-state index contributed by atoms with van der Waals surface area (Å²) in [5.41, 5.74) is 1.89. The maximum atomic E-state index is 13.8. The number of carbonyl (C=O) groups is 3. The molecule has 1 aliphatic heterocycles. The minimum absolute atomic E-state index is 0.188. The minimum Gasteiger partial charge on any atom is -0.497 e. The Hall–Kier alpha value is -5.29. The third-order valence-electron chi connectivity index (χ3n) is 8.10. The lowest BCUT2D eigenvalue weighted by Crippen LogP contribution is -2.50. The van der Waals surface area contributed by atoms with E-state index in [4.69, 9.17) is 9.47 Å². The Morgan fingerprint density at radius 1 is 1.00 bits per heavy atom. The largest absolute Gasteiger partial charge is 0.497 e. The molecule has 240 valence electrons. The quantitative estimate of drug-likeness (QED) is 0.194. The number of aliphatic hydroxyl groups is 1. The average molecular weight is 626 g/mol. The number of fused-ring (bicyclic) bond motifs is 2. The summed E-state index contributed by atoms with van der Waals surface area (Å²) in [6.45, 7) is 4.02. The molecule has 5 amide bonds. The maximum Gasteiger partial charge on any atom is 0.323 e. The van der Waals surface area contributed by atoms with Gasteiger partial charge >= 0.3 is 12.1 Å². The fourth-order valence-electron chi connectivity index (χ4n) is 5.38. The Balaban J connectivity index is 1.34. The van der Waals surface area contributed by atoms with Gasteiger partial charge in [0.25, 0.3) is 5.91 Å². The summed E-state index contributed by atoms with van der Waals surface area (Å²) < 4.78 is 11.6. The third kappa shape index (κ3) is 7.32. The number of aliphatic hydroxyl groups excluding tert-OH is 1. The molecule has 4 aromatic rings. The fraction of sp³-hybridized carbons (Fsp3) is 0.286. The van der Waals surface area contributed by atoms with Crippen molar-refractivity contribution in [1.29, 1.82) is 0 Å². The van der Waals surface area contributed by atoms with Crippen molar-refractivity contribution in [2.75, 3.05) is 49.8 Å². The van der Waals surface area contributed by atoms with Gasteiger partial charge in [-0.2, -0.15) is 0 Å². The van der Waals surface area contributed by atoms with Crippen LogP contribution < -0.4 is 25.4 Å². The van der Waals surface area contributed by atoms with Gasteiger partial charge < -0.3 is 40.3 Å². The summed E-state index contributed by atoms with van der Waals surface area (Å²) in [5, 5.41) is 20.5. The van der Waals surface area contributed by atoms with Crippen molar-refractivity contribution in [3.05, 3.63) is 90.5 Å². The van der Waals surface area contributed by atoms with Crippen molar-refractivity contribution in [2.24, 2.45) is 5.92 Å². The second-order valence-electron chi connectivity index (χ2n) is 11.5. The zero-order valence-corrected chi connectivity index (χ0v) is 26.3. The van der Waals surface area contributed by atoms with E-state index in [1.807, 2.05) is 49.4 Å². The molecule has 4 N–H and O–H groups in total. The van der Waals surface area contributed by atoms with E-state index in [-0.39, 0.29) is 36.6 Å². The molecule has 0 unspecified atom stereocenters. The summed E-state index contributed by atoms with van der Waals surface area (Å²) in [4.78, 5) is 43.0. The van der Waals surface area contributed by atoms with Gasteiger partial charge in [-0.3, -0.25) is 4.79 Å². The van der Waals surface area contributed by atoms with Crippen LogP contribution in [0.4, 0.5) is 26.7 Å². The zero-order valence-electron chi connectivity index (χ0n) is 26.3. The molecule has 11 nitrogen and oxygen atoms in total. The minimum atomic E-state index is -0.491. The van der Waals surface area contributed by atoms with Crippen molar-refractivity contribution in [2.45, 2.75) is 26.0 Å². The average Bonchev–Trinajstić information content (AvgIpc) is 3.06. The number of ether oxygens (including phenoxy) is 2. The molecule has 0 radical (unpaired) electrons. The smallest absolute Gasteiger partial charge is 0.323 e. The molecule has 11 heteroatoms. The number of nitrogens with zero attached hydrogens (tertiary/aromatic N) is 2. The van der Waals surface area contributed by atoms with Crippen LogP contribution in [0.1, 0.15) is 24.2 Å². The first-order valence-corrected chi connectivity index (χ1v) is 15.1. The highest BCUT2D eigenvalue weighted by Gasteiger charge is 2.34. The molecule has 1 heterocycles. The number of amides is 5. The van der Waals surface area contributed by atoms with Gasteiger partial charge in [0.2, 0.25) is 0 Å². The monoisotopic (exact) mass is 625 g/mol. The van der Waals surface area contributed by atoms with Crippen LogP contribution in [0.15, 0.2) is 84.9 Å². The first-order chi connectivity index (χ1) is 22.2. The van der Waals surface area contributed by atoms with Crippen molar-refractivity contribution in [1.82, 2.24) is 9.80 Å². The van der Waals surface area contributed by atoms with Crippen LogP contribution in [-0.2, 0) is 0 Å². The molecule has 3 atom stereocenters. The number of anilines is 3. The summed E-state index contributed by atoms with van der Waals surface area (Å²) in [6.07, 6.45) is -0.485. The number of hydrogen-bond donors (Lipinski definition) is 4. The molecule has 0 aliphatic carbocycles. The van der Waals surface area contributed by atoms with E-state index in [0.29, 0.717) is 35.1 Å². The van der Waals surface area contributed by atoms with Crippen molar-refractivity contribution in [3.8, 4) is 11.5 Å². The normalized spacial score (nSPS) is 16.7. The van der Waals surface area contributed by atoms with Crippen LogP contribution in [0.25, 0.3) is 10.8 Å². The van der Waals surface area contributed by atoms with Gasteiger partial charge in [0.1, 0.15) is 17.6 Å². The van der Waals surface area contributed by atoms with Crippen LogP contribution in [-0.4, -0.2) is 78.9 Å². The van der Waals surface area contributed by atoms with Crippen molar-refractivity contribution >= 4 is 45.8 Å². The molecule has 46 heavy (non-hydrogen) atoms. The summed E-state index contributed by atoms with van der Waals surface area (Å²) in [5.74, 6) is 0.466. The number of likely N-dealkylation sites (N-methyl/N-ethyl adjacent to an activating group) is 1. The van der Waals surface area contributed by atoms with Gasteiger partial charge in [-0.1, -0.05) is 43.3 Å². The van der Waals surface area contributed by atoms with E-state index in [9.17, 15) is 19.5 Å². The predicted octanol–water partition coefficient (Wildman–Crippen LogP) is 5.88. The molecule has 0 saturated heterocycles. The highest BCUT2D eigenvalue weighted by Crippen LogP contribution is 2.31. The van der Waals surface area contributed by atoms with Crippen LogP contribution in [0, 0.1) is 5.92 Å². The Morgan fingerprint density at radius 2 is 1.70 bits per heavy atom. The summed E-state index contributed by atoms with van der Waals surface area (Å²) in [7, 11) is 3.26. The van der Waals surface area contributed by atoms with Gasteiger partial charge in [-0.25, -0.2) is 9.59 Å². The highest BCUT2D eigenvalue weighted by molar-refractivity contribution is 6.03. The summed E-state index contributed by atoms with van der Waals surface area (Å²) >= 11 is 0.